The number of amides is 1. The predicted octanol–water partition coefficient (Wildman–Crippen LogP) is 2.11. The first-order valence-corrected chi connectivity index (χ1v) is 10.2. The molecule has 1 aliphatic rings. The molecule has 0 spiro atoms. The van der Waals surface area contributed by atoms with E-state index in [0.29, 0.717) is 18.5 Å². The van der Waals surface area contributed by atoms with Crippen molar-refractivity contribution in [2.45, 2.75) is 17.5 Å². The van der Waals surface area contributed by atoms with Gasteiger partial charge < -0.3 is 15.7 Å². The van der Waals surface area contributed by atoms with Crippen LogP contribution in [0.15, 0.2) is 71.8 Å². The van der Waals surface area contributed by atoms with Crippen LogP contribution in [0.25, 0.3) is 0 Å². The molecule has 1 aromatic heterocycles. The van der Waals surface area contributed by atoms with Crippen molar-refractivity contribution in [3.63, 3.8) is 0 Å². The number of aromatic nitrogens is 1. The number of anilines is 1. The highest BCUT2D eigenvalue weighted by atomic mass is 32.2. The van der Waals surface area contributed by atoms with Crippen molar-refractivity contribution in [2.75, 3.05) is 11.9 Å². The summed E-state index contributed by atoms with van der Waals surface area (Å²) in [6, 6.07) is 17.2. The molecule has 28 heavy (non-hydrogen) atoms. The van der Waals surface area contributed by atoms with Crippen LogP contribution in [0.3, 0.4) is 0 Å². The Morgan fingerprint density at radius 1 is 1.11 bits per heavy atom. The molecule has 0 saturated heterocycles. The number of aliphatic hydroxyl groups excluding tert-OH is 1. The SMILES string of the molecule is O=C(NCCc1ccccc1)c1ccc2c(c1)NC(O)c1cccn1S2(=O)=O. The summed E-state index contributed by atoms with van der Waals surface area (Å²) in [5, 5.41) is 15.9. The van der Waals surface area contributed by atoms with Crippen LogP contribution in [0.5, 0.6) is 0 Å². The van der Waals surface area contributed by atoms with Crippen LogP contribution >= 0.6 is 0 Å². The van der Waals surface area contributed by atoms with E-state index in [2.05, 4.69) is 10.6 Å². The Hall–Kier alpha value is -3.10. The van der Waals surface area contributed by atoms with Gasteiger partial charge in [-0.15, -0.1) is 0 Å². The maximum atomic E-state index is 12.8. The number of carbonyl (C=O) groups is 1. The molecule has 1 amide bonds. The second kappa shape index (κ2) is 7.14. The van der Waals surface area contributed by atoms with Crippen molar-refractivity contribution in [1.82, 2.24) is 9.29 Å². The average Bonchev–Trinajstić information content (AvgIpc) is 3.17. The van der Waals surface area contributed by atoms with E-state index in [-0.39, 0.29) is 22.2 Å². The molecule has 0 bridgehead atoms. The molecular weight excluding hydrogens is 378 g/mol. The van der Waals surface area contributed by atoms with Crippen molar-refractivity contribution in [1.29, 1.82) is 0 Å². The van der Waals surface area contributed by atoms with Gasteiger partial charge in [-0.05, 0) is 42.3 Å². The molecule has 0 fully saturated rings. The van der Waals surface area contributed by atoms with Crippen LogP contribution in [0, 0.1) is 0 Å². The minimum absolute atomic E-state index is 0.00216. The van der Waals surface area contributed by atoms with E-state index in [0.717, 1.165) is 9.54 Å². The lowest BCUT2D eigenvalue weighted by molar-refractivity contribution is 0.0954. The summed E-state index contributed by atoms with van der Waals surface area (Å²) in [5.41, 5.74) is 1.83. The second-order valence-electron chi connectivity index (χ2n) is 6.48. The van der Waals surface area contributed by atoms with Crippen LogP contribution in [0.4, 0.5) is 5.69 Å². The second-order valence-corrected chi connectivity index (χ2v) is 8.27. The molecule has 1 aliphatic heterocycles. The normalized spacial score (nSPS) is 17.0. The fraction of sp³-hybridized carbons (Fsp3) is 0.150. The highest BCUT2D eigenvalue weighted by Gasteiger charge is 2.30. The minimum atomic E-state index is -3.86. The predicted molar refractivity (Wildman–Crippen MR) is 105 cm³/mol. The van der Waals surface area contributed by atoms with E-state index >= 15 is 0 Å². The van der Waals surface area contributed by atoms with Crippen LogP contribution in [0.1, 0.15) is 27.8 Å². The topological polar surface area (TPSA) is 100 Å². The molecule has 7 nitrogen and oxygen atoms in total. The smallest absolute Gasteiger partial charge is 0.270 e. The highest BCUT2D eigenvalue weighted by molar-refractivity contribution is 7.90. The third kappa shape index (κ3) is 3.28. The fourth-order valence-corrected chi connectivity index (χ4v) is 4.73. The van der Waals surface area contributed by atoms with Gasteiger partial charge in [0.25, 0.3) is 15.9 Å². The van der Waals surface area contributed by atoms with Crippen molar-refractivity contribution in [2.24, 2.45) is 0 Å². The van der Waals surface area contributed by atoms with Gasteiger partial charge in [0.15, 0.2) is 6.23 Å². The first-order valence-electron chi connectivity index (χ1n) is 8.80. The number of aliphatic hydroxyl groups is 1. The number of fused-ring (bicyclic) bond motifs is 2. The number of hydrogen-bond acceptors (Lipinski definition) is 5. The molecule has 1 unspecified atom stereocenters. The Kier molecular flexibility index (Phi) is 4.66. The van der Waals surface area contributed by atoms with Gasteiger partial charge in [-0.25, -0.2) is 12.4 Å². The van der Waals surface area contributed by atoms with Crippen LogP contribution in [0.2, 0.25) is 0 Å². The Balaban J connectivity index is 1.55. The van der Waals surface area contributed by atoms with Crippen LogP contribution in [-0.2, 0) is 16.4 Å². The maximum Gasteiger partial charge on any atom is 0.270 e. The number of rotatable bonds is 4. The van der Waals surface area contributed by atoms with E-state index in [1.54, 1.807) is 6.07 Å². The van der Waals surface area contributed by atoms with Gasteiger partial charge in [0.05, 0.1) is 11.4 Å². The molecule has 2 heterocycles. The van der Waals surface area contributed by atoms with E-state index in [1.165, 1.54) is 30.5 Å². The molecule has 0 aliphatic carbocycles. The molecule has 0 saturated carbocycles. The number of nitrogens with one attached hydrogen (secondary N) is 2. The summed E-state index contributed by atoms with van der Waals surface area (Å²) < 4.78 is 26.7. The van der Waals surface area contributed by atoms with Gasteiger partial charge >= 0.3 is 0 Å². The monoisotopic (exact) mass is 397 g/mol. The summed E-state index contributed by atoms with van der Waals surface area (Å²) in [7, 11) is -3.86. The molecule has 3 aromatic rings. The van der Waals surface area contributed by atoms with Gasteiger partial charge in [-0.2, -0.15) is 0 Å². The number of nitrogens with zero attached hydrogens (tertiary/aromatic N) is 1. The molecule has 144 valence electrons. The largest absolute Gasteiger partial charge is 0.368 e. The lowest BCUT2D eigenvalue weighted by Gasteiger charge is -2.13. The summed E-state index contributed by atoms with van der Waals surface area (Å²) >= 11 is 0. The van der Waals surface area contributed by atoms with Crippen molar-refractivity contribution in [3.05, 3.63) is 83.7 Å². The quantitative estimate of drug-likeness (QED) is 0.626. The van der Waals surface area contributed by atoms with Gasteiger partial charge in [0, 0.05) is 18.3 Å². The van der Waals surface area contributed by atoms with Crippen LogP contribution in [-0.4, -0.2) is 29.9 Å². The van der Waals surface area contributed by atoms with E-state index in [1.807, 2.05) is 30.3 Å². The molecular formula is C20H19N3O4S. The Bertz CT molecular complexity index is 1120. The molecule has 1 atom stereocenters. The van der Waals surface area contributed by atoms with Gasteiger partial charge in [-0.3, -0.25) is 4.79 Å². The van der Waals surface area contributed by atoms with Crippen LogP contribution < -0.4 is 10.6 Å². The zero-order chi connectivity index (χ0) is 19.7. The Morgan fingerprint density at radius 2 is 1.89 bits per heavy atom. The zero-order valence-corrected chi connectivity index (χ0v) is 15.7. The summed E-state index contributed by atoms with van der Waals surface area (Å²) in [5.74, 6) is -0.309. The zero-order valence-electron chi connectivity index (χ0n) is 14.9. The lowest BCUT2D eigenvalue weighted by Crippen LogP contribution is -2.26. The van der Waals surface area contributed by atoms with Gasteiger partial charge in [0.2, 0.25) is 0 Å². The minimum Gasteiger partial charge on any atom is -0.368 e. The Morgan fingerprint density at radius 3 is 2.68 bits per heavy atom. The summed E-state index contributed by atoms with van der Waals surface area (Å²) in [4.78, 5) is 12.5. The average molecular weight is 397 g/mol. The first kappa shape index (κ1) is 18.3. The number of carbonyl (C=O) groups excluding carboxylic acids is 1. The van der Waals surface area contributed by atoms with Crippen molar-refractivity contribution in [3.8, 4) is 0 Å². The fourth-order valence-electron chi connectivity index (χ4n) is 3.21. The lowest BCUT2D eigenvalue weighted by atomic mass is 10.1. The molecule has 8 heteroatoms. The van der Waals surface area contributed by atoms with Crippen molar-refractivity contribution >= 4 is 21.6 Å². The van der Waals surface area contributed by atoms with E-state index in [9.17, 15) is 18.3 Å². The Labute approximate surface area is 162 Å². The third-order valence-electron chi connectivity index (χ3n) is 4.64. The number of hydrogen-bond donors (Lipinski definition) is 3. The standard InChI is InChI=1S/C20H19N3O4S/c24-19(21-11-10-14-5-2-1-3-6-14)15-8-9-18-16(13-15)22-20(25)17-7-4-12-23(17)28(18,26)27/h1-9,12-13,20,22,25H,10-11H2,(H,21,24). The first-order chi connectivity index (χ1) is 13.5. The van der Waals surface area contributed by atoms with E-state index in [4.69, 9.17) is 0 Å². The van der Waals surface area contributed by atoms with Crippen molar-refractivity contribution < 1.29 is 18.3 Å². The maximum absolute atomic E-state index is 12.8. The molecule has 0 radical (unpaired) electrons. The van der Waals surface area contributed by atoms with Gasteiger partial charge in [-0.1, -0.05) is 30.3 Å². The molecule has 3 N–H and O–H groups in total. The summed E-state index contributed by atoms with van der Waals surface area (Å²) in [6.45, 7) is 0.458. The summed E-state index contributed by atoms with van der Waals surface area (Å²) in [6.07, 6.45) is 0.870. The van der Waals surface area contributed by atoms with E-state index < -0.39 is 16.3 Å². The highest BCUT2D eigenvalue weighted by Crippen LogP contribution is 2.33. The molecule has 4 rings (SSSR count). The number of benzene rings is 2. The third-order valence-corrected chi connectivity index (χ3v) is 6.40. The molecule has 2 aromatic carbocycles. The van der Waals surface area contributed by atoms with Gasteiger partial charge in [0.1, 0.15) is 4.90 Å².